The summed E-state index contributed by atoms with van der Waals surface area (Å²) in [5.74, 6) is -0.617. The highest BCUT2D eigenvalue weighted by molar-refractivity contribution is 5.69. The summed E-state index contributed by atoms with van der Waals surface area (Å²) in [5, 5.41) is 8.68. The SMILES string of the molecule is CCCCCCCC/C=C\CCCCCCCCCCCCCC(=O)OC(CCCC)CCCCCCCCCCCCCCCCCCC(=O)O. The van der Waals surface area contributed by atoms with Gasteiger partial charge in [-0.3, -0.25) is 9.59 Å². The Balaban J connectivity index is 3.54. The quantitative estimate of drug-likeness (QED) is 0.0385. The van der Waals surface area contributed by atoms with Gasteiger partial charge < -0.3 is 9.84 Å². The van der Waals surface area contributed by atoms with Gasteiger partial charge in [-0.2, -0.15) is 0 Å². The van der Waals surface area contributed by atoms with Crippen LogP contribution >= 0.6 is 0 Å². The Kier molecular flexibility index (Phi) is 43.0. The van der Waals surface area contributed by atoms with Crippen molar-refractivity contribution in [2.24, 2.45) is 0 Å². The first-order valence-corrected chi connectivity index (χ1v) is 23.7. The number of carboxylic acid groups (broad SMARTS) is 1. The largest absolute Gasteiger partial charge is 0.481 e. The maximum atomic E-state index is 12.6. The molecule has 0 aliphatic rings. The first kappa shape index (κ1) is 50.7. The molecular weight excluding hydrogens is 641 g/mol. The highest BCUT2D eigenvalue weighted by Crippen LogP contribution is 2.19. The van der Waals surface area contributed by atoms with E-state index in [1.165, 1.54) is 212 Å². The molecule has 4 nitrogen and oxygen atoms in total. The van der Waals surface area contributed by atoms with E-state index < -0.39 is 5.97 Å². The summed E-state index contributed by atoms with van der Waals surface area (Å²) < 4.78 is 5.97. The van der Waals surface area contributed by atoms with Crippen molar-refractivity contribution in [3.05, 3.63) is 12.2 Å². The zero-order chi connectivity index (χ0) is 37.8. The Morgan fingerprint density at radius 1 is 0.404 bits per heavy atom. The first-order chi connectivity index (χ1) is 25.6. The minimum Gasteiger partial charge on any atom is -0.481 e. The van der Waals surface area contributed by atoms with Gasteiger partial charge in [-0.05, 0) is 57.8 Å². The maximum absolute atomic E-state index is 12.6. The van der Waals surface area contributed by atoms with Gasteiger partial charge in [0.05, 0.1) is 0 Å². The minimum absolute atomic E-state index is 0.0439. The molecule has 0 rings (SSSR count). The summed E-state index contributed by atoms with van der Waals surface area (Å²) in [4.78, 5) is 23.1. The summed E-state index contributed by atoms with van der Waals surface area (Å²) in [6, 6.07) is 0. The van der Waals surface area contributed by atoms with E-state index >= 15 is 0 Å². The Hall–Kier alpha value is -1.32. The van der Waals surface area contributed by atoms with Gasteiger partial charge in [-0.25, -0.2) is 0 Å². The van der Waals surface area contributed by atoms with E-state index in [1.807, 2.05) is 0 Å². The molecule has 308 valence electrons. The lowest BCUT2D eigenvalue weighted by molar-refractivity contribution is -0.150. The highest BCUT2D eigenvalue weighted by Gasteiger charge is 2.14. The van der Waals surface area contributed by atoms with Crippen molar-refractivity contribution < 1.29 is 19.4 Å². The number of carbonyl (C=O) groups excluding carboxylic acids is 1. The second-order valence-electron chi connectivity index (χ2n) is 16.3. The molecule has 0 aromatic carbocycles. The summed E-state index contributed by atoms with van der Waals surface area (Å²) in [6.07, 6.45) is 56.0. The standard InChI is InChI=1S/C48H92O4/c1-3-5-7-8-9-10-11-12-13-14-15-16-17-18-23-26-29-32-35-38-41-45-48(51)52-46(42-6-4-2)43-39-36-33-30-27-24-21-19-20-22-25-28-31-34-37-40-44-47(49)50/h12-13,46H,3-11,14-45H2,1-2H3,(H,49,50)/b13-12-. The van der Waals surface area contributed by atoms with Crippen molar-refractivity contribution in [2.75, 3.05) is 0 Å². The van der Waals surface area contributed by atoms with E-state index in [2.05, 4.69) is 26.0 Å². The molecule has 0 fully saturated rings. The van der Waals surface area contributed by atoms with Gasteiger partial charge in [0.25, 0.3) is 0 Å². The van der Waals surface area contributed by atoms with Gasteiger partial charge in [0.1, 0.15) is 6.10 Å². The third-order valence-electron chi connectivity index (χ3n) is 11.0. The van der Waals surface area contributed by atoms with Gasteiger partial charge in [0.15, 0.2) is 0 Å². The van der Waals surface area contributed by atoms with Gasteiger partial charge in [0.2, 0.25) is 0 Å². The van der Waals surface area contributed by atoms with E-state index in [-0.39, 0.29) is 12.1 Å². The molecule has 0 aromatic rings. The monoisotopic (exact) mass is 733 g/mol. The fraction of sp³-hybridized carbons (Fsp3) is 0.917. The van der Waals surface area contributed by atoms with Crippen LogP contribution < -0.4 is 0 Å². The van der Waals surface area contributed by atoms with Crippen LogP contribution in [0.25, 0.3) is 0 Å². The number of hydrogen-bond acceptors (Lipinski definition) is 3. The predicted octanol–water partition coefficient (Wildman–Crippen LogP) is 16.6. The maximum Gasteiger partial charge on any atom is 0.306 e. The molecule has 4 heteroatoms. The Morgan fingerprint density at radius 2 is 0.712 bits per heavy atom. The third kappa shape index (κ3) is 43.1. The summed E-state index contributed by atoms with van der Waals surface area (Å²) >= 11 is 0. The van der Waals surface area contributed by atoms with Gasteiger partial charge in [-0.1, -0.05) is 219 Å². The van der Waals surface area contributed by atoms with Crippen LogP contribution in [0.5, 0.6) is 0 Å². The molecule has 0 radical (unpaired) electrons. The number of rotatable bonds is 44. The smallest absolute Gasteiger partial charge is 0.306 e. The molecule has 0 bridgehead atoms. The van der Waals surface area contributed by atoms with Crippen LogP contribution in [0.15, 0.2) is 12.2 Å². The molecule has 0 heterocycles. The summed E-state index contributed by atoms with van der Waals surface area (Å²) in [6.45, 7) is 4.52. The van der Waals surface area contributed by atoms with Gasteiger partial charge in [-0.15, -0.1) is 0 Å². The van der Waals surface area contributed by atoms with E-state index in [4.69, 9.17) is 9.84 Å². The molecule has 1 unspecified atom stereocenters. The average molecular weight is 733 g/mol. The van der Waals surface area contributed by atoms with Crippen LogP contribution in [0, 0.1) is 0 Å². The van der Waals surface area contributed by atoms with E-state index in [1.54, 1.807) is 0 Å². The van der Waals surface area contributed by atoms with Crippen molar-refractivity contribution in [1.29, 1.82) is 0 Å². The number of esters is 1. The van der Waals surface area contributed by atoms with Crippen LogP contribution in [-0.2, 0) is 14.3 Å². The van der Waals surface area contributed by atoms with Crippen LogP contribution in [0.2, 0.25) is 0 Å². The number of ether oxygens (including phenoxy) is 1. The number of hydrogen-bond donors (Lipinski definition) is 1. The molecule has 0 saturated carbocycles. The lowest BCUT2D eigenvalue weighted by Gasteiger charge is -2.18. The first-order valence-electron chi connectivity index (χ1n) is 23.7. The Bertz CT molecular complexity index is 747. The number of unbranched alkanes of at least 4 members (excludes halogenated alkanes) is 33. The zero-order valence-electron chi connectivity index (χ0n) is 35.4. The second kappa shape index (κ2) is 44.1. The topological polar surface area (TPSA) is 63.6 Å². The van der Waals surface area contributed by atoms with Gasteiger partial charge in [0, 0.05) is 12.8 Å². The molecule has 0 amide bonds. The van der Waals surface area contributed by atoms with Crippen molar-refractivity contribution in [1.82, 2.24) is 0 Å². The Morgan fingerprint density at radius 3 is 1.10 bits per heavy atom. The van der Waals surface area contributed by atoms with Gasteiger partial charge >= 0.3 is 11.9 Å². The molecule has 0 aromatic heterocycles. The van der Waals surface area contributed by atoms with Crippen LogP contribution in [0.4, 0.5) is 0 Å². The van der Waals surface area contributed by atoms with Crippen molar-refractivity contribution >= 4 is 11.9 Å². The molecule has 0 aliphatic carbocycles. The lowest BCUT2D eigenvalue weighted by Crippen LogP contribution is -2.18. The third-order valence-corrected chi connectivity index (χ3v) is 11.0. The fourth-order valence-corrected chi connectivity index (χ4v) is 7.46. The number of carbonyl (C=O) groups is 2. The Labute approximate surface area is 325 Å². The van der Waals surface area contributed by atoms with Crippen molar-refractivity contribution in [2.45, 2.75) is 283 Å². The molecule has 0 saturated heterocycles. The summed E-state index contributed by atoms with van der Waals surface area (Å²) in [7, 11) is 0. The molecular formula is C48H92O4. The molecule has 0 spiro atoms. The highest BCUT2D eigenvalue weighted by atomic mass is 16.5. The van der Waals surface area contributed by atoms with Crippen molar-refractivity contribution in [3.63, 3.8) is 0 Å². The number of carboxylic acids is 1. The zero-order valence-corrected chi connectivity index (χ0v) is 35.4. The normalized spacial score (nSPS) is 12.2. The minimum atomic E-state index is -0.661. The van der Waals surface area contributed by atoms with Crippen LogP contribution in [-0.4, -0.2) is 23.1 Å². The van der Waals surface area contributed by atoms with Crippen LogP contribution in [0.3, 0.4) is 0 Å². The molecule has 0 aliphatic heterocycles. The van der Waals surface area contributed by atoms with E-state index in [0.29, 0.717) is 12.8 Å². The van der Waals surface area contributed by atoms with Crippen LogP contribution in [0.1, 0.15) is 277 Å². The number of aliphatic carboxylic acids is 1. The summed E-state index contributed by atoms with van der Waals surface area (Å²) in [5.41, 5.74) is 0. The molecule has 1 atom stereocenters. The van der Waals surface area contributed by atoms with E-state index in [9.17, 15) is 9.59 Å². The molecule has 52 heavy (non-hydrogen) atoms. The van der Waals surface area contributed by atoms with E-state index in [0.717, 1.165) is 38.5 Å². The second-order valence-corrected chi connectivity index (χ2v) is 16.3. The number of allylic oxidation sites excluding steroid dienone is 2. The average Bonchev–Trinajstić information content (AvgIpc) is 3.13. The van der Waals surface area contributed by atoms with Crippen molar-refractivity contribution in [3.8, 4) is 0 Å². The molecule has 1 N–H and O–H groups in total. The lowest BCUT2D eigenvalue weighted by atomic mass is 10.0. The predicted molar refractivity (Wildman–Crippen MR) is 227 cm³/mol. The fourth-order valence-electron chi connectivity index (χ4n) is 7.46.